The van der Waals surface area contributed by atoms with Gasteiger partial charge in [0, 0.05) is 13.6 Å². The maximum absolute atomic E-state index is 11.5. The molecule has 1 atom stereocenters. The van der Waals surface area contributed by atoms with E-state index in [-0.39, 0.29) is 12.1 Å². The van der Waals surface area contributed by atoms with Crippen molar-refractivity contribution >= 4 is 6.03 Å². The van der Waals surface area contributed by atoms with Gasteiger partial charge in [0.05, 0.1) is 6.04 Å². The summed E-state index contributed by atoms with van der Waals surface area (Å²) in [5.41, 5.74) is 4.23. The normalized spacial score (nSPS) is 23.5. The number of hydrogen-bond donors (Lipinski definition) is 1. The van der Waals surface area contributed by atoms with Crippen LogP contribution in [-0.2, 0) is 12.8 Å². The minimum atomic E-state index is 0.0349. The van der Waals surface area contributed by atoms with E-state index in [0.717, 1.165) is 6.54 Å². The van der Waals surface area contributed by atoms with E-state index < -0.39 is 0 Å². The largest absolute Gasteiger partial charge is 0.329 e. The fraction of sp³-hybridized carbons (Fsp3) is 0.500. The van der Waals surface area contributed by atoms with Crippen molar-refractivity contribution in [1.82, 2.24) is 10.2 Å². The first-order valence-corrected chi connectivity index (χ1v) is 6.37. The zero-order valence-electron chi connectivity index (χ0n) is 10.2. The molecule has 1 aromatic carbocycles. The molecule has 1 fully saturated rings. The van der Waals surface area contributed by atoms with Crippen LogP contribution in [0.1, 0.15) is 35.6 Å². The SMILES string of the molecule is CN1CC(c2ccc3c(c2)CCCC3)NC1=O. The minimum absolute atomic E-state index is 0.0349. The average Bonchev–Trinajstić information content (AvgIpc) is 2.69. The van der Waals surface area contributed by atoms with Crippen LogP contribution in [0.15, 0.2) is 18.2 Å². The quantitative estimate of drug-likeness (QED) is 0.788. The van der Waals surface area contributed by atoms with E-state index in [0.29, 0.717) is 0 Å². The van der Waals surface area contributed by atoms with Crippen LogP contribution in [0, 0.1) is 0 Å². The van der Waals surface area contributed by atoms with Gasteiger partial charge in [-0.3, -0.25) is 0 Å². The first-order valence-electron chi connectivity index (χ1n) is 6.37. The number of likely N-dealkylation sites (N-methyl/N-ethyl adjacent to an activating group) is 1. The molecule has 2 aliphatic rings. The Hall–Kier alpha value is -1.51. The summed E-state index contributed by atoms with van der Waals surface area (Å²) in [7, 11) is 1.84. The molecule has 3 rings (SSSR count). The van der Waals surface area contributed by atoms with Crippen molar-refractivity contribution in [2.24, 2.45) is 0 Å². The van der Waals surface area contributed by atoms with E-state index in [4.69, 9.17) is 0 Å². The molecule has 3 heteroatoms. The summed E-state index contributed by atoms with van der Waals surface area (Å²) in [5.74, 6) is 0. The number of urea groups is 1. The van der Waals surface area contributed by atoms with Crippen molar-refractivity contribution < 1.29 is 4.79 Å². The Morgan fingerprint density at radius 3 is 2.71 bits per heavy atom. The number of aryl methyl sites for hydroxylation is 2. The summed E-state index contributed by atoms with van der Waals surface area (Å²) in [6.07, 6.45) is 5.02. The van der Waals surface area contributed by atoms with Gasteiger partial charge in [0.1, 0.15) is 0 Å². The lowest BCUT2D eigenvalue weighted by molar-refractivity contribution is 0.226. The molecule has 90 valence electrons. The summed E-state index contributed by atoms with van der Waals surface area (Å²) in [5, 5.41) is 3.01. The molecule has 2 amide bonds. The van der Waals surface area contributed by atoms with Gasteiger partial charge >= 0.3 is 6.03 Å². The van der Waals surface area contributed by atoms with Crippen molar-refractivity contribution in [3.05, 3.63) is 34.9 Å². The summed E-state index contributed by atoms with van der Waals surface area (Å²) >= 11 is 0. The van der Waals surface area contributed by atoms with Gasteiger partial charge in [-0.25, -0.2) is 4.79 Å². The molecule has 0 radical (unpaired) electrons. The number of nitrogens with one attached hydrogen (secondary N) is 1. The molecule has 1 aliphatic heterocycles. The molecule has 0 spiro atoms. The standard InChI is InChI=1S/C14H18N2O/c1-16-9-13(15-14(16)17)12-7-6-10-4-2-3-5-11(10)8-12/h6-8,13H,2-5,9H2,1H3,(H,15,17). The molecule has 1 aromatic rings. The van der Waals surface area contributed by atoms with Gasteiger partial charge in [-0.15, -0.1) is 0 Å². The summed E-state index contributed by atoms with van der Waals surface area (Å²) in [6, 6.07) is 6.91. The van der Waals surface area contributed by atoms with Gasteiger partial charge in [0.15, 0.2) is 0 Å². The monoisotopic (exact) mass is 230 g/mol. The maximum atomic E-state index is 11.5. The molecule has 1 saturated heterocycles. The van der Waals surface area contributed by atoms with E-state index in [2.05, 4.69) is 23.5 Å². The number of nitrogens with zero attached hydrogens (tertiary/aromatic N) is 1. The van der Waals surface area contributed by atoms with E-state index in [1.807, 2.05) is 7.05 Å². The highest BCUT2D eigenvalue weighted by atomic mass is 16.2. The molecular weight excluding hydrogens is 212 g/mol. The topological polar surface area (TPSA) is 32.3 Å². The molecule has 0 saturated carbocycles. The maximum Gasteiger partial charge on any atom is 0.317 e. The smallest absolute Gasteiger partial charge is 0.317 e. The lowest BCUT2D eigenvalue weighted by Gasteiger charge is -2.18. The number of hydrogen-bond acceptors (Lipinski definition) is 1. The second kappa shape index (κ2) is 4.06. The van der Waals surface area contributed by atoms with Crippen molar-refractivity contribution in [3.8, 4) is 0 Å². The molecule has 0 bridgehead atoms. The van der Waals surface area contributed by atoms with Crippen molar-refractivity contribution in [1.29, 1.82) is 0 Å². The molecule has 17 heavy (non-hydrogen) atoms. The fourth-order valence-electron chi connectivity index (χ4n) is 2.82. The van der Waals surface area contributed by atoms with Gasteiger partial charge in [-0.1, -0.05) is 18.2 Å². The number of carbonyl (C=O) groups excluding carboxylic acids is 1. The molecule has 0 aromatic heterocycles. The van der Waals surface area contributed by atoms with Crippen LogP contribution in [0.2, 0.25) is 0 Å². The Balaban J connectivity index is 1.87. The third-order valence-electron chi connectivity index (χ3n) is 3.88. The predicted octanol–water partition coefficient (Wildman–Crippen LogP) is 2.26. The zero-order valence-corrected chi connectivity index (χ0v) is 10.2. The van der Waals surface area contributed by atoms with Crippen LogP contribution in [0.3, 0.4) is 0 Å². The predicted molar refractivity (Wildman–Crippen MR) is 67.0 cm³/mol. The average molecular weight is 230 g/mol. The Labute approximate surface area is 102 Å². The molecule has 3 nitrogen and oxygen atoms in total. The summed E-state index contributed by atoms with van der Waals surface area (Å²) in [6.45, 7) is 0.775. The first kappa shape index (κ1) is 10.6. The van der Waals surface area contributed by atoms with Gasteiger partial charge in [0.2, 0.25) is 0 Å². The number of amides is 2. The van der Waals surface area contributed by atoms with Crippen LogP contribution < -0.4 is 5.32 Å². The second-order valence-electron chi connectivity index (χ2n) is 5.12. The van der Waals surface area contributed by atoms with Gasteiger partial charge < -0.3 is 10.2 Å². The second-order valence-corrected chi connectivity index (χ2v) is 5.12. The summed E-state index contributed by atoms with van der Waals surface area (Å²) < 4.78 is 0. The van der Waals surface area contributed by atoms with E-state index in [1.54, 1.807) is 4.90 Å². The molecule has 1 aliphatic carbocycles. The van der Waals surface area contributed by atoms with Gasteiger partial charge in [-0.05, 0) is 42.4 Å². The molecular formula is C14H18N2O. The number of carbonyl (C=O) groups is 1. The van der Waals surface area contributed by atoms with Gasteiger partial charge in [-0.2, -0.15) is 0 Å². The third kappa shape index (κ3) is 1.90. The fourth-order valence-corrected chi connectivity index (χ4v) is 2.82. The number of rotatable bonds is 1. The minimum Gasteiger partial charge on any atom is -0.329 e. The zero-order chi connectivity index (χ0) is 11.8. The van der Waals surface area contributed by atoms with Crippen LogP contribution in [-0.4, -0.2) is 24.5 Å². The highest BCUT2D eigenvalue weighted by molar-refractivity contribution is 5.76. The van der Waals surface area contributed by atoms with Crippen LogP contribution in [0.5, 0.6) is 0 Å². The van der Waals surface area contributed by atoms with Crippen molar-refractivity contribution in [3.63, 3.8) is 0 Å². The highest BCUT2D eigenvalue weighted by Gasteiger charge is 2.27. The van der Waals surface area contributed by atoms with Crippen LogP contribution >= 0.6 is 0 Å². The van der Waals surface area contributed by atoms with Crippen LogP contribution in [0.4, 0.5) is 4.79 Å². The Morgan fingerprint density at radius 1 is 1.24 bits per heavy atom. The Morgan fingerprint density at radius 2 is 2.00 bits per heavy atom. The Bertz CT molecular complexity index is 456. The lowest BCUT2D eigenvalue weighted by Crippen LogP contribution is -2.24. The van der Waals surface area contributed by atoms with E-state index in [1.165, 1.54) is 42.4 Å². The lowest BCUT2D eigenvalue weighted by atomic mass is 9.89. The van der Waals surface area contributed by atoms with E-state index in [9.17, 15) is 4.79 Å². The van der Waals surface area contributed by atoms with Gasteiger partial charge in [0.25, 0.3) is 0 Å². The number of benzene rings is 1. The highest BCUT2D eigenvalue weighted by Crippen LogP contribution is 2.26. The van der Waals surface area contributed by atoms with Crippen molar-refractivity contribution in [2.75, 3.05) is 13.6 Å². The molecule has 1 N–H and O–H groups in total. The van der Waals surface area contributed by atoms with Crippen molar-refractivity contribution in [2.45, 2.75) is 31.7 Å². The molecule has 1 unspecified atom stereocenters. The van der Waals surface area contributed by atoms with E-state index >= 15 is 0 Å². The molecule has 1 heterocycles. The Kier molecular flexibility index (Phi) is 2.54. The first-order chi connectivity index (χ1) is 8.24. The summed E-state index contributed by atoms with van der Waals surface area (Å²) in [4.78, 5) is 13.2. The third-order valence-corrected chi connectivity index (χ3v) is 3.88. The number of fused-ring (bicyclic) bond motifs is 1. The van der Waals surface area contributed by atoms with Crippen LogP contribution in [0.25, 0.3) is 0 Å².